The Morgan fingerprint density at radius 1 is 1.07 bits per heavy atom. The minimum absolute atomic E-state index is 0.214. The van der Waals surface area contributed by atoms with Crippen LogP contribution in [0.3, 0.4) is 0 Å². The van der Waals surface area contributed by atoms with Crippen molar-refractivity contribution in [2.45, 2.75) is 38.6 Å². The van der Waals surface area contributed by atoms with E-state index >= 15 is 0 Å². The summed E-state index contributed by atoms with van der Waals surface area (Å²) in [4.78, 5) is 36.6. The second-order valence-electron chi connectivity index (χ2n) is 7.59. The van der Waals surface area contributed by atoms with Crippen molar-refractivity contribution in [2.24, 2.45) is 0 Å². The fraction of sp³-hybridized carbons (Fsp3) is 0.292. The molecule has 0 bridgehead atoms. The van der Waals surface area contributed by atoms with Crippen molar-refractivity contribution in [3.05, 3.63) is 81.2 Å². The van der Waals surface area contributed by atoms with Gasteiger partial charge in [0.25, 0.3) is 5.91 Å². The minimum Gasteiger partial charge on any atom is -0.452 e. The summed E-state index contributed by atoms with van der Waals surface area (Å²) in [7, 11) is 0. The lowest BCUT2D eigenvalue weighted by Gasteiger charge is -2.20. The van der Waals surface area contributed by atoms with E-state index in [-0.39, 0.29) is 11.6 Å². The number of hydrogen-bond acceptors (Lipinski definition) is 5. The maximum Gasteiger partial charge on any atom is 0.351 e. The van der Waals surface area contributed by atoms with Gasteiger partial charge in [0.1, 0.15) is 11.1 Å². The average Bonchev–Trinajstić information content (AvgIpc) is 2.76. The average molecular weight is 405 g/mol. The first kappa shape index (κ1) is 19.9. The van der Waals surface area contributed by atoms with E-state index in [1.165, 1.54) is 30.0 Å². The van der Waals surface area contributed by atoms with E-state index in [1.807, 2.05) is 13.0 Å². The van der Waals surface area contributed by atoms with E-state index in [0.29, 0.717) is 11.0 Å². The van der Waals surface area contributed by atoms with Crippen molar-refractivity contribution in [1.29, 1.82) is 0 Å². The predicted octanol–water partition coefficient (Wildman–Crippen LogP) is 3.71. The molecule has 1 N–H and O–H groups in total. The van der Waals surface area contributed by atoms with Gasteiger partial charge in [-0.3, -0.25) is 4.79 Å². The van der Waals surface area contributed by atoms with Crippen LogP contribution in [-0.4, -0.2) is 18.5 Å². The van der Waals surface area contributed by atoms with Crippen LogP contribution in [0.2, 0.25) is 0 Å². The number of esters is 1. The molecule has 154 valence electrons. The zero-order valence-electron chi connectivity index (χ0n) is 16.8. The Morgan fingerprint density at radius 2 is 1.83 bits per heavy atom. The second-order valence-corrected chi connectivity index (χ2v) is 7.59. The topological polar surface area (TPSA) is 85.6 Å². The van der Waals surface area contributed by atoms with Crippen molar-refractivity contribution >= 4 is 22.8 Å². The first-order valence-corrected chi connectivity index (χ1v) is 10.1. The zero-order valence-corrected chi connectivity index (χ0v) is 16.8. The number of para-hydroxylation sites is 1. The molecule has 0 fully saturated rings. The van der Waals surface area contributed by atoms with Gasteiger partial charge in [-0.05, 0) is 61.4 Å². The summed E-state index contributed by atoms with van der Waals surface area (Å²) in [5.41, 5.74) is 3.10. The van der Waals surface area contributed by atoms with Crippen molar-refractivity contribution < 1.29 is 18.7 Å². The highest BCUT2D eigenvalue weighted by Gasteiger charge is 2.18. The van der Waals surface area contributed by atoms with Gasteiger partial charge >= 0.3 is 11.6 Å². The highest BCUT2D eigenvalue weighted by molar-refractivity contribution is 5.94. The van der Waals surface area contributed by atoms with E-state index in [0.717, 1.165) is 18.4 Å². The van der Waals surface area contributed by atoms with E-state index in [9.17, 15) is 14.4 Å². The molecule has 0 saturated heterocycles. The van der Waals surface area contributed by atoms with E-state index in [2.05, 4.69) is 17.4 Å². The lowest BCUT2D eigenvalue weighted by molar-refractivity contribution is -0.124. The lowest BCUT2D eigenvalue weighted by atomic mass is 9.89. The number of ether oxygens (including phenoxy) is 1. The van der Waals surface area contributed by atoms with Gasteiger partial charge in [-0.1, -0.05) is 36.4 Å². The molecule has 6 nitrogen and oxygen atoms in total. The first-order chi connectivity index (χ1) is 14.5. The smallest absolute Gasteiger partial charge is 0.351 e. The Labute approximate surface area is 173 Å². The number of amides is 1. The molecule has 1 heterocycles. The van der Waals surface area contributed by atoms with Gasteiger partial charge in [0.05, 0.1) is 6.04 Å². The molecule has 0 aliphatic heterocycles. The molecule has 0 saturated carbocycles. The van der Waals surface area contributed by atoms with Crippen LogP contribution in [0.15, 0.2) is 57.7 Å². The number of carbonyl (C=O) groups is 2. The van der Waals surface area contributed by atoms with Gasteiger partial charge in [-0.25, -0.2) is 9.59 Å². The first-order valence-electron chi connectivity index (χ1n) is 10.1. The Kier molecular flexibility index (Phi) is 5.65. The van der Waals surface area contributed by atoms with Gasteiger partial charge in [0.15, 0.2) is 6.61 Å². The molecule has 1 aromatic heterocycles. The van der Waals surface area contributed by atoms with Crippen LogP contribution in [0.1, 0.15) is 52.9 Å². The summed E-state index contributed by atoms with van der Waals surface area (Å²) >= 11 is 0. The molecule has 4 rings (SSSR count). The standard InChI is InChI=1S/C24H23NO5/c1-15(17-11-10-16-6-2-3-7-18(16)12-17)25-22(26)14-29-23(27)20-13-19-8-4-5-9-21(19)30-24(20)28/h4-5,8-13,15H,2-3,6-7,14H2,1H3,(H,25,26)/t15-/m1/s1. The van der Waals surface area contributed by atoms with Gasteiger partial charge in [-0.15, -0.1) is 0 Å². The molecule has 0 radical (unpaired) electrons. The molecular formula is C24H23NO5. The van der Waals surface area contributed by atoms with Crippen LogP contribution in [-0.2, 0) is 22.4 Å². The monoisotopic (exact) mass is 405 g/mol. The third-order valence-electron chi connectivity index (χ3n) is 5.45. The second kappa shape index (κ2) is 8.53. The summed E-state index contributed by atoms with van der Waals surface area (Å²) in [5, 5.41) is 3.44. The van der Waals surface area contributed by atoms with Crippen LogP contribution < -0.4 is 10.9 Å². The van der Waals surface area contributed by atoms with Crippen molar-refractivity contribution in [3.63, 3.8) is 0 Å². The summed E-state index contributed by atoms with van der Waals surface area (Å²) in [6.45, 7) is 1.42. The molecule has 1 aliphatic carbocycles. The van der Waals surface area contributed by atoms with Crippen LogP contribution in [0.4, 0.5) is 0 Å². The Bertz CT molecular complexity index is 1160. The van der Waals surface area contributed by atoms with Gasteiger partial charge in [0.2, 0.25) is 0 Å². The molecule has 2 aromatic carbocycles. The highest BCUT2D eigenvalue weighted by Crippen LogP contribution is 2.24. The van der Waals surface area contributed by atoms with Crippen LogP contribution in [0.25, 0.3) is 11.0 Å². The van der Waals surface area contributed by atoms with Crippen LogP contribution >= 0.6 is 0 Å². The fourth-order valence-electron chi connectivity index (χ4n) is 3.80. The predicted molar refractivity (Wildman–Crippen MR) is 112 cm³/mol. The summed E-state index contributed by atoms with van der Waals surface area (Å²) in [6.07, 6.45) is 4.58. The molecule has 3 aromatic rings. The third-order valence-corrected chi connectivity index (χ3v) is 5.45. The van der Waals surface area contributed by atoms with Crippen molar-refractivity contribution in [3.8, 4) is 0 Å². The molecule has 0 unspecified atom stereocenters. The third kappa shape index (κ3) is 4.27. The summed E-state index contributed by atoms with van der Waals surface area (Å²) in [5.74, 6) is -1.31. The highest BCUT2D eigenvalue weighted by atomic mass is 16.5. The van der Waals surface area contributed by atoms with E-state index in [4.69, 9.17) is 9.15 Å². The number of benzene rings is 2. The Balaban J connectivity index is 1.37. The lowest BCUT2D eigenvalue weighted by Crippen LogP contribution is -2.31. The van der Waals surface area contributed by atoms with Gasteiger partial charge in [0, 0.05) is 5.39 Å². The SMILES string of the molecule is C[C@@H](NC(=O)COC(=O)c1cc2ccccc2oc1=O)c1ccc2c(c1)CCCC2. The zero-order chi connectivity index (χ0) is 21.1. The summed E-state index contributed by atoms with van der Waals surface area (Å²) < 4.78 is 10.2. The normalized spacial score (nSPS) is 14.0. The Morgan fingerprint density at radius 3 is 2.67 bits per heavy atom. The molecule has 30 heavy (non-hydrogen) atoms. The maximum atomic E-state index is 12.3. The molecular weight excluding hydrogens is 382 g/mol. The summed E-state index contributed by atoms with van der Waals surface area (Å²) in [6, 6.07) is 14.4. The van der Waals surface area contributed by atoms with Gasteiger partial charge < -0.3 is 14.5 Å². The maximum absolute atomic E-state index is 12.3. The Hall–Kier alpha value is -3.41. The number of hydrogen-bond donors (Lipinski definition) is 1. The van der Waals surface area contributed by atoms with Crippen LogP contribution in [0, 0.1) is 0 Å². The fourth-order valence-corrected chi connectivity index (χ4v) is 3.80. The molecule has 1 amide bonds. The number of rotatable bonds is 5. The quantitative estimate of drug-likeness (QED) is 0.517. The van der Waals surface area contributed by atoms with E-state index in [1.54, 1.807) is 24.3 Å². The molecule has 0 spiro atoms. The molecule has 1 aliphatic rings. The van der Waals surface area contributed by atoms with Gasteiger partial charge in [-0.2, -0.15) is 0 Å². The number of carbonyl (C=O) groups excluding carboxylic acids is 2. The number of fused-ring (bicyclic) bond motifs is 2. The van der Waals surface area contributed by atoms with Crippen molar-refractivity contribution in [1.82, 2.24) is 5.32 Å². The van der Waals surface area contributed by atoms with Crippen LogP contribution in [0.5, 0.6) is 0 Å². The molecule has 1 atom stereocenters. The minimum atomic E-state index is -0.883. The molecule has 6 heteroatoms. The van der Waals surface area contributed by atoms with E-state index < -0.39 is 24.1 Å². The number of nitrogens with one attached hydrogen (secondary N) is 1. The van der Waals surface area contributed by atoms with Crippen molar-refractivity contribution in [2.75, 3.05) is 6.61 Å². The largest absolute Gasteiger partial charge is 0.452 e. The number of aryl methyl sites for hydroxylation is 2.